The topological polar surface area (TPSA) is 51.2 Å². The molecule has 0 saturated carbocycles. The van der Waals surface area contributed by atoms with Gasteiger partial charge in [0, 0.05) is 24.6 Å². The van der Waals surface area contributed by atoms with Crippen LogP contribution in [0.4, 0.5) is 5.69 Å². The number of aromatic nitrogens is 1. The summed E-state index contributed by atoms with van der Waals surface area (Å²) >= 11 is 0. The lowest BCUT2D eigenvalue weighted by Gasteiger charge is -2.13. The third kappa shape index (κ3) is 2.96. The van der Waals surface area contributed by atoms with Crippen molar-refractivity contribution in [1.29, 1.82) is 0 Å². The zero-order chi connectivity index (χ0) is 14.5. The van der Waals surface area contributed by atoms with E-state index in [-0.39, 0.29) is 5.97 Å². The molecular weight excluding hydrogens is 252 g/mol. The van der Waals surface area contributed by atoms with Gasteiger partial charge in [0.05, 0.1) is 12.7 Å². The summed E-state index contributed by atoms with van der Waals surface area (Å²) in [5.74, 6) is -0.316. The van der Waals surface area contributed by atoms with Gasteiger partial charge in [-0.25, -0.2) is 4.79 Å². The van der Waals surface area contributed by atoms with Crippen molar-refractivity contribution >= 4 is 11.7 Å². The minimum Gasteiger partial charge on any atom is -0.465 e. The van der Waals surface area contributed by atoms with E-state index in [1.54, 1.807) is 12.3 Å². The lowest BCUT2D eigenvalue weighted by molar-refractivity contribution is 0.0600. The molecule has 4 nitrogen and oxygen atoms in total. The Kier molecular flexibility index (Phi) is 4.35. The van der Waals surface area contributed by atoms with Crippen LogP contribution in [0.3, 0.4) is 0 Å². The van der Waals surface area contributed by atoms with Crippen molar-refractivity contribution in [2.45, 2.75) is 20.4 Å². The first kappa shape index (κ1) is 14.1. The average molecular weight is 270 g/mol. The Labute approximate surface area is 118 Å². The molecule has 0 fully saturated rings. The minimum atomic E-state index is -0.316. The Balaban J connectivity index is 2.18. The van der Waals surface area contributed by atoms with E-state index in [2.05, 4.69) is 17.2 Å². The summed E-state index contributed by atoms with van der Waals surface area (Å²) in [6.45, 7) is 4.63. The first-order valence-corrected chi connectivity index (χ1v) is 6.44. The van der Waals surface area contributed by atoms with Gasteiger partial charge in [-0.05, 0) is 48.7 Å². The molecule has 0 bridgehead atoms. The van der Waals surface area contributed by atoms with E-state index in [0.29, 0.717) is 12.1 Å². The van der Waals surface area contributed by atoms with E-state index < -0.39 is 0 Å². The number of carbonyl (C=O) groups is 1. The highest BCUT2D eigenvalue weighted by Gasteiger charge is 2.11. The van der Waals surface area contributed by atoms with E-state index in [0.717, 1.165) is 16.8 Å². The van der Waals surface area contributed by atoms with Gasteiger partial charge >= 0.3 is 5.97 Å². The maximum absolute atomic E-state index is 11.7. The van der Waals surface area contributed by atoms with E-state index >= 15 is 0 Å². The number of esters is 1. The van der Waals surface area contributed by atoms with Crippen molar-refractivity contribution in [2.24, 2.45) is 0 Å². The molecule has 0 atom stereocenters. The molecule has 0 saturated heterocycles. The van der Waals surface area contributed by atoms with Gasteiger partial charge in [0.1, 0.15) is 0 Å². The number of rotatable bonds is 4. The third-order valence-electron chi connectivity index (χ3n) is 3.36. The molecule has 1 N–H and O–H groups in total. The average Bonchev–Trinajstić information content (AvgIpc) is 2.47. The summed E-state index contributed by atoms with van der Waals surface area (Å²) in [5.41, 5.74) is 4.72. The van der Waals surface area contributed by atoms with Crippen LogP contribution >= 0.6 is 0 Å². The quantitative estimate of drug-likeness (QED) is 0.867. The van der Waals surface area contributed by atoms with Crippen LogP contribution in [0, 0.1) is 13.8 Å². The Morgan fingerprint density at radius 2 is 2.10 bits per heavy atom. The highest BCUT2D eigenvalue weighted by Crippen LogP contribution is 2.20. The molecule has 20 heavy (non-hydrogen) atoms. The Morgan fingerprint density at radius 3 is 2.80 bits per heavy atom. The molecule has 0 radical (unpaired) electrons. The molecule has 0 unspecified atom stereocenters. The first-order chi connectivity index (χ1) is 9.63. The summed E-state index contributed by atoms with van der Waals surface area (Å²) in [6, 6.07) is 7.54. The Morgan fingerprint density at radius 1 is 1.30 bits per heavy atom. The monoisotopic (exact) mass is 270 g/mol. The summed E-state index contributed by atoms with van der Waals surface area (Å²) < 4.78 is 4.78. The Hall–Kier alpha value is -2.36. The normalized spacial score (nSPS) is 10.2. The zero-order valence-corrected chi connectivity index (χ0v) is 11.9. The molecule has 0 aliphatic carbocycles. The molecule has 1 aromatic heterocycles. The highest BCUT2D eigenvalue weighted by atomic mass is 16.5. The van der Waals surface area contributed by atoms with Crippen molar-refractivity contribution < 1.29 is 9.53 Å². The maximum Gasteiger partial charge on any atom is 0.338 e. The van der Waals surface area contributed by atoms with Gasteiger partial charge in [-0.15, -0.1) is 0 Å². The third-order valence-corrected chi connectivity index (χ3v) is 3.36. The molecule has 1 heterocycles. The SMILES string of the molecule is COC(=O)c1cccc(NCc2cnccc2C)c1C. The van der Waals surface area contributed by atoms with Crippen LogP contribution in [0.2, 0.25) is 0 Å². The van der Waals surface area contributed by atoms with Crippen LogP contribution in [-0.2, 0) is 11.3 Å². The lowest BCUT2D eigenvalue weighted by Crippen LogP contribution is -2.08. The van der Waals surface area contributed by atoms with Crippen molar-refractivity contribution in [3.63, 3.8) is 0 Å². The number of methoxy groups -OCH3 is 1. The highest BCUT2D eigenvalue weighted by molar-refractivity contribution is 5.92. The first-order valence-electron chi connectivity index (χ1n) is 6.44. The standard InChI is InChI=1S/C16H18N2O2/c1-11-7-8-17-9-13(11)10-18-15-6-4-5-14(12(15)2)16(19)20-3/h4-9,18H,10H2,1-3H3. The number of nitrogens with zero attached hydrogens (tertiary/aromatic N) is 1. The fourth-order valence-corrected chi connectivity index (χ4v) is 2.03. The summed E-state index contributed by atoms with van der Waals surface area (Å²) in [6.07, 6.45) is 3.63. The largest absolute Gasteiger partial charge is 0.465 e. The van der Waals surface area contributed by atoms with Crippen molar-refractivity contribution in [3.8, 4) is 0 Å². The number of anilines is 1. The summed E-state index contributed by atoms with van der Waals surface area (Å²) in [4.78, 5) is 15.8. The predicted octanol–water partition coefficient (Wildman–Crippen LogP) is 3.10. The van der Waals surface area contributed by atoms with Gasteiger partial charge in [-0.3, -0.25) is 4.98 Å². The number of carbonyl (C=O) groups excluding carboxylic acids is 1. The van der Waals surface area contributed by atoms with Gasteiger partial charge < -0.3 is 10.1 Å². The van der Waals surface area contributed by atoms with E-state index in [1.165, 1.54) is 12.7 Å². The Bertz CT molecular complexity index is 624. The fraction of sp³-hybridized carbons (Fsp3) is 0.250. The number of ether oxygens (including phenoxy) is 1. The molecule has 0 spiro atoms. The van der Waals surface area contributed by atoms with E-state index in [4.69, 9.17) is 4.74 Å². The van der Waals surface area contributed by atoms with Gasteiger partial charge in [0.15, 0.2) is 0 Å². The van der Waals surface area contributed by atoms with Crippen LogP contribution in [0.25, 0.3) is 0 Å². The van der Waals surface area contributed by atoms with E-state index in [1.807, 2.05) is 31.3 Å². The van der Waals surface area contributed by atoms with Crippen LogP contribution < -0.4 is 5.32 Å². The molecule has 2 rings (SSSR count). The second-order valence-electron chi connectivity index (χ2n) is 4.63. The predicted molar refractivity (Wildman–Crippen MR) is 78.8 cm³/mol. The second kappa shape index (κ2) is 6.19. The number of nitrogens with one attached hydrogen (secondary N) is 1. The van der Waals surface area contributed by atoms with Gasteiger partial charge in [0.2, 0.25) is 0 Å². The fourth-order valence-electron chi connectivity index (χ4n) is 2.03. The molecule has 1 aromatic carbocycles. The number of benzene rings is 1. The number of aryl methyl sites for hydroxylation is 1. The zero-order valence-electron chi connectivity index (χ0n) is 11.9. The van der Waals surface area contributed by atoms with Crippen molar-refractivity contribution in [1.82, 2.24) is 4.98 Å². The maximum atomic E-state index is 11.7. The molecule has 104 valence electrons. The molecule has 0 aliphatic rings. The van der Waals surface area contributed by atoms with E-state index in [9.17, 15) is 4.79 Å². The van der Waals surface area contributed by atoms with Crippen molar-refractivity contribution in [3.05, 3.63) is 58.9 Å². The second-order valence-corrected chi connectivity index (χ2v) is 4.63. The molecule has 0 amide bonds. The van der Waals surface area contributed by atoms with Crippen molar-refractivity contribution in [2.75, 3.05) is 12.4 Å². The lowest BCUT2D eigenvalue weighted by atomic mass is 10.1. The smallest absolute Gasteiger partial charge is 0.338 e. The van der Waals surface area contributed by atoms with Gasteiger partial charge in [-0.1, -0.05) is 6.07 Å². The molecule has 4 heteroatoms. The molecular formula is C16H18N2O2. The number of hydrogen-bond acceptors (Lipinski definition) is 4. The molecule has 0 aliphatic heterocycles. The van der Waals surface area contributed by atoms with Crippen LogP contribution in [-0.4, -0.2) is 18.1 Å². The molecule has 2 aromatic rings. The number of hydrogen-bond donors (Lipinski definition) is 1. The van der Waals surface area contributed by atoms with Crippen LogP contribution in [0.5, 0.6) is 0 Å². The summed E-state index contributed by atoms with van der Waals surface area (Å²) in [7, 11) is 1.39. The number of pyridine rings is 1. The van der Waals surface area contributed by atoms with Crippen LogP contribution in [0.15, 0.2) is 36.7 Å². The minimum absolute atomic E-state index is 0.316. The summed E-state index contributed by atoms with van der Waals surface area (Å²) in [5, 5.41) is 3.34. The van der Waals surface area contributed by atoms with Gasteiger partial charge in [-0.2, -0.15) is 0 Å². The van der Waals surface area contributed by atoms with Crippen LogP contribution in [0.1, 0.15) is 27.0 Å². The van der Waals surface area contributed by atoms with Gasteiger partial charge in [0.25, 0.3) is 0 Å².